The largest absolute Gasteiger partial charge is 0.457 e. The molecule has 0 atom stereocenters. The Hall–Kier alpha value is -2.53. The van der Waals surface area contributed by atoms with Crippen LogP contribution in [0.5, 0.6) is 0 Å². The van der Waals surface area contributed by atoms with E-state index in [-0.39, 0.29) is 13.2 Å². The zero-order valence-corrected chi connectivity index (χ0v) is 10.9. The lowest BCUT2D eigenvalue weighted by Crippen LogP contribution is -2.08. The maximum absolute atomic E-state index is 11.9. The molecule has 0 heterocycles. The minimum atomic E-state index is -0.492. The van der Waals surface area contributed by atoms with Crippen molar-refractivity contribution in [2.24, 2.45) is 0 Å². The van der Waals surface area contributed by atoms with Crippen LogP contribution in [0.15, 0.2) is 42.5 Å². The van der Waals surface area contributed by atoms with Crippen molar-refractivity contribution < 1.29 is 14.6 Å². The first kappa shape index (κ1) is 13.9. The van der Waals surface area contributed by atoms with Gasteiger partial charge in [-0.25, -0.2) is 4.79 Å². The molecule has 2 aromatic rings. The zero-order valence-electron chi connectivity index (χ0n) is 10.9. The smallest absolute Gasteiger partial charge is 0.340 e. The number of ether oxygens (including phenoxy) is 1. The Morgan fingerprint density at radius 1 is 1.05 bits per heavy atom. The molecule has 0 saturated heterocycles. The van der Waals surface area contributed by atoms with Gasteiger partial charge in [0, 0.05) is 11.4 Å². The molecule has 2 rings (SSSR count). The van der Waals surface area contributed by atoms with Gasteiger partial charge in [-0.3, -0.25) is 0 Å². The highest BCUT2D eigenvalue weighted by Gasteiger charge is 2.11. The number of rotatable bonds is 4. The van der Waals surface area contributed by atoms with E-state index in [9.17, 15) is 4.79 Å². The lowest BCUT2D eigenvalue weighted by atomic mass is 10.1. The molecule has 0 bridgehead atoms. The maximum Gasteiger partial charge on any atom is 0.340 e. The fraction of sp³-hybridized carbons (Fsp3) is 0.133. The Kier molecular flexibility index (Phi) is 4.22. The minimum absolute atomic E-state index is 0.0119. The van der Waals surface area contributed by atoms with E-state index in [1.807, 2.05) is 0 Å². The summed E-state index contributed by atoms with van der Waals surface area (Å²) in [6.07, 6.45) is 0. The maximum atomic E-state index is 11.9. The first-order valence-corrected chi connectivity index (χ1v) is 6.11. The van der Waals surface area contributed by atoms with Gasteiger partial charge in [0.15, 0.2) is 0 Å². The molecule has 0 spiro atoms. The number of anilines is 2. The Morgan fingerprint density at radius 2 is 1.70 bits per heavy atom. The van der Waals surface area contributed by atoms with Gasteiger partial charge in [0.05, 0.1) is 12.2 Å². The van der Waals surface area contributed by atoms with Crippen molar-refractivity contribution in [2.75, 3.05) is 11.5 Å². The van der Waals surface area contributed by atoms with Crippen LogP contribution in [-0.2, 0) is 18.0 Å². The Bertz CT molecular complexity index is 609. The van der Waals surface area contributed by atoms with Crippen LogP contribution in [0.3, 0.4) is 0 Å². The van der Waals surface area contributed by atoms with E-state index in [0.29, 0.717) is 16.9 Å². The van der Waals surface area contributed by atoms with E-state index >= 15 is 0 Å². The number of benzene rings is 2. The molecule has 5 N–H and O–H groups in total. The summed E-state index contributed by atoms with van der Waals surface area (Å²) in [5, 5.41) is 8.94. The lowest BCUT2D eigenvalue weighted by molar-refractivity contribution is 0.0474. The average Bonchev–Trinajstić information content (AvgIpc) is 2.45. The molecule has 0 aromatic heterocycles. The number of carbonyl (C=O) groups excluding carboxylic acids is 1. The van der Waals surface area contributed by atoms with Gasteiger partial charge < -0.3 is 21.3 Å². The zero-order chi connectivity index (χ0) is 14.5. The van der Waals surface area contributed by atoms with Gasteiger partial charge in [0.25, 0.3) is 0 Å². The third-order valence-electron chi connectivity index (χ3n) is 2.87. The van der Waals surface area contributed by atoms with Gasteiger partial charge >= 0.3 is 5.97 Å². The SMILES string of the molecule is Nc1ccc(C(=O)OCc2ccc(CO)cc2)c(N)c1. The van der Waals surface area contributed by atoms with Crippen LogP contribution >= 0.6 is 0 Å². The van der Waals surface area contributed by atoms with Gasteiger partial charge in [-0.15, -0.1) is 0 Å². The second-order valence-corrected chi connectivity index (χ2v) is 4.40. The van der Waals surface area contributed by atoms with Crippen LogP contribution in [0.1, 0.15) is 21.5 Å². The minimum Gasteiger partial charge on any atom is -0.457 e. The Balaban J connectivity index is 2.00. The van der Waals surface area contributed by atoms with Gasteiger partial charge in [-0.1, -0.05) is 24.3 Å². The van der Waals surface area contributed by atoms with Gasteiger partial charge in [0.1, 0.15) is 6.61 Å². The molecule has 0 unspecified atom stereocenters. The first-order valence-electron chi connectivity index (χ1n) is 6.11. The van der Waals surface area contributed by atoms with Gasteiger partial charge in [-0.2, -0.15) is 0 Å². The van der Waals surface area contributed by atoms with E-state index in [4.69, 9.17) is 21.3 Å². The van der Waals surface area contributed by atoms with Crippen molar-refractivity contribution in [1.82, 2.24) is 0 Å². The van der Waals surface area contributed by atoms with Crippen molar-refractivity contribution in [1.29, 1.82) is 0 Å². The van der Waals surface area contributed by atoms with E-state index < -0.39 is 5.97 Å². The fourth-order valence-electron chi connectivity index (χ4n) is 1.73. The highest BCUT2D eigenvalue weighted by Crippen LogP contribution is 2.17. The normalized spacial score (nSPS) is 10.2. The number of aliphatic hydroxyl groups is 1. The van der Waals surface area contributed by atoms with Crippen LogP contribution in [0.25, 0.3) is 0 Å². The number of nitrogen functional groups attached to an aromatic ring is 2. The lowest BCUT2D eigenvalue weighted by Gasteiger charge is -2.08. The van der Waals surface area contributed by atoms with Gasteiger partial charge in [-0.05, 0) is 29.3 Å². The number of carbonyl (C=O) groups is 1. The fourth-order valence-corrected chi connectivity index (χ4v) is 1.73. The van der Waals surface area contributed by atoms with Crippen molar-refractivity contribution >= 4 is 17.3 Å². The summed E-state index contributed by atoms with van der Waals surface area (Å²) in [6.45, 7) is 0.135. The number of hydrogen-bond acceptors (Lipinski definition) is 5. The number of hydrogen-bond donors (Lipinski definition) is 3. The molecule has 20 heavy (non-hydrogen) atoms. The number of aliphatic hydroxyl groups excluding tert-OH is 1. The molecule has 104 valence electrons. The van der Waals surface area contributed by atoms with Crippen molar-refractivity contribution in [3.8, 4) is 0 Å². The molecule has 5 nitrogen and oxygen atoms in total. The predicted octanol–water partition coefficient (Wildman–Crippen LogP) is 1.70. The average molecular weight is 272 g/mol. The Labute approximate surface area is 116 Å². The summed E-state index contributed by atoms with van der Waals surface area (Å²) >= 11 is 0. The summed E-state index contributed by atoms with van der Waals surface area (Å²) in [5.74, 6) is -0.492. The first-order chi connectivity index (χ1) is 9.60. The second kappa shape index (κ2) is 6.08. The standard InChI is InChI=1S/C15H16N2O3/c16-12-5-6-13(14(17)7-12)15(19)20-9-11-3-1-10(8-18)2-4-11/h1-7,18H,8-9,16-17H2. The van der Waals surface area contributed by atoms with Crippen LogP contribution in [0.4, 0.5) is 11.4 Å². The Morgan fingerprint density at radius 3 is 2.30 bits per heavy atom. The molecular formula is C15H16N2O3. The van der Waals surface area contributed by atoms with Crippen molar-refractivity contribution in [3.63, 3.8) is 0 Å². The quantitative estimate of drug-likeness (QED) is 0.581. The molecule has 0 aliphatic rings. The summed E-state index contributed by atoms with van der Waals surface area (Å²) in [6, 6.07) is 11.8. The molecule has 0 aliphatic carbocycles. The molecular weight excluding hydrogens is 256 g/mol. The van der Waals surface area contributed by atoms with Crippen LogP contribution in [0, 0.1) is 0 Å². The summed E-state index contributed by atoms with van der Waals surface area (Å²) in [7, 11) is 0. The molecule has 0 fully saturated rings. The highest BCUT2D eigenvalue weighted by molar-refractivity contribution is 5.95. The molecule has 0 amide bonds. The number of nitrogens with two attached hydrogens (primary N) is 2. The number of esters is 1. The monoisotopic (exact) mass is 272 g/mol. The van der Waals surface area contributed by atoms with Crippen molar-refractivity contribution in [2.45, 2.75) is 13.2 Å². The van der Waals surface area contributed by atoms with Crippen molar-refractivity contribution in [3.05, 3.63) is 59.2 Å². The molecule has 0 aliphatic heterocycles. The predicted molar refractivity (Wildman–Crippen MR) is 76.8 cm³/mol. The van der Waals surface area contributed by atoms with Crippen LogP contribution in [-0.4, -0.2) is 11.1 Å². The van der Waals surface area contributed by atoms with Gasteiger partial charge in [0.2, 0.25) is 0 Å². The highest BCUT2D eigenvalue weighted by atomic mass is 16.5. The topological polar surface area (TPSA) is 98.6 Å². The summed E-state index contributed by atoms with van der Waals surface area (Å²) in [4.78, 5) is 11.9. The second-order valence-electron chi connectivity index (χ2n) is 4.40. The molecule has 0 saturated carbocycles. The summed E-state index contributed by atoms with van der Waals surface area (Å²) < 4.78 is 5.19. The van der Waals surface area contributed by atoms with E-state index in [1.165, 1.54) is 6.07 Å². The van der Waals surface area contributed by atoms with Crippen LogP contribution in [0.2, 0.25) is 0 Å². The molecule has 5 heteroatoms. The third kappa shape index (κ3) is 3.27. The third-order valence-corrected chi connectivity index (χ3v) is 2.87. The van der Waals surface area contributed by atoms with E-state index in [0.717, 1.165) is 11.1 Å². The molecule has 0 radical (unpaired) electrons. The van der Waals surface area contributed by atoms with E-state index in [2.05, 4.69) is 0 Å². The van der Waals surface area contributed by atoms with E-state index in [1.54, 1.807) is 36.4 Å². The summed E-state index contributed by atoms with van der Waals surface area (Å²) in [5.41, 5.74) is 14.0. The van der Waals surface area contributed by atoms with Crippen LogP contribution < -0.4 is 11.5 Å². The molecule has 2 aromatic carbocycles.